The van der Waals surface area contributed by atoms with Gasteiger partial charge < -0.3 is 20.1 Å². The number of hydrogen-bond acceptors (Lipinski definition) is 4. The fourth-order valence-corrected chi connectivity index (χ4v) is 2.42. The molecule has 26 heavy (non-hydrogen) atoms. The summed E-state index contributed by atoms with van der Waals surface area (Å²) in [5, 5.41) is 5.63. The molecule has 0 aromatic heterocycles. The molecule has 0 saturated heterocycles. The molecule has 0 radical (unpaired) electrons. The standard InChI is InChI=1S/C19H21ClN2O4/c1-12-4-9-17(16(20)10-12)22-18(23)11-21-19(24)13(2)26-15-7-5-14(25-3)6-8-15/h4-10,13H,11H2,1-3H3,(H,21,24)(H,22,23). The highest BCUT2D eigenvalue weighted by Gasteiger charge is 2.16. The smallest absolute Gasteiger partial charge is 0.261 e. The molecule has 7 heteroatoms. The fourth-order valence-electron chi connectivity index (χ4n) is 2.14. The number of benzene rings is 2. The van der Waals surface area contributed by atoms with E-state index < -0.39 is 12.0 Å². The number of amides is 2. The van der Waals surface area contributed by atoms with Gasteiger partial charge in [0.2, 0.25) is 5.91 Å². The summed E-state index contributed by atoms with van der Waals surface area (Å²) >= 11 is 6.07. The number of carbonyl (C=O) groups is 2. The van der Waals surface area contributed by atoms with Crippen LogP contribution in [0.5, 0.6) is 11.5 Å². The molecular weight excluding hydrogens is 356 g/mol. The molecule has 0 aliphatic heterocycles. The third-order valence-electron chi connectivity index (χ3n) is 3.56. The first-order valence-corrected chi connectivity index (χ1v) is 8.41. The van der Waals surface area contributed by atoms with Crippen molar-refractivity contribution in [3.05, 3.63) is 53.1 Å². The minimum Gasteiger partial charge on any atom is -0.497 e. The lowest BCUT2D eigenvalue weighted by Crippen LogP contribution is -2.40. The minimum atomic E-state index is -0.751. The third kappa shape index (κ3) is 5.67. The highest BCUT2D eigenvalue weighted by molar-refractivity contribution is 6.33. The van der Waals surface area contributed by atoms with Gasteiger partial charge >= 0.3 is 0 Å². The summed E-state index contributed by atoms with van der Waals surface area (Å²) in [6, 6.07) is 12.2. The number of aryl methyl sites for hydroxylation is 1. The minimum absolute atomic E-state index is 0.181. The Morgan fingerprint density at radius 3 is 2.38 bits per heavy atom. The molecule has 2 aromatic carbocycles. The van der Waals surface area contributed by atoms with Gasteiger partial charge in [-0.15, -0.1) is 0 Å². The second-order valence-electron chi connectivity index (χ2n) is 5.68. The molecule has 1 unspecified atom stereocenters. The van der Waals surface area contributed by atoms with E-state index in [2.05, 4.69) is 10.6 Å². The van der Waals surface area contributed by atoms with Crippen molar-refractivity contribution < 1.29 is 19.1 Å². The first-order chi connectivity index (χ1) is 12.4. The quantitative estimate of drug-likeness (QED) is 0.778. The number of methoxy groups -OCH3 is 1. The van der Waals surface area contributed by atoms with Crippen molar-refractivity contribution in [1.29, 1.82) is 0 Å². The van der Waals surface area contributed by atoms with E-state index in [0.29, 0.717) is 22.2 Å². The summed E-state index contributed by atoms with van der Waals surface area (Å²) in [6.45, 7) is 3.33. The molecule has 6 nitrogen and oxygen atoms in total. The number of halogens is 1. The van der Waals surface area contributed by atoms with Crippen molar-refractivity contribution in [1.82, 2.24) is 5.32 Å². The van der Waals surface area contributed by atoms with Crippen molar-refractivity contribution in [2.75, 3.05) is 19.0 Å². The number of anilines is 1. The van der Waals surface area contributed by atoms with Gasteiger partial charge in [-0.2, -0.15) is 0 Å². The van der Waals surface area contributed by atoms with E-state index in [1.165, 1.54) is 0 Å². The van der Waals surface area contributed by atoms with Gasteiger partial charge in [-0.3, -0.25) is 9.59 Å². The number of nitrogens with one attached hydrogen (secondary N) is 2. The maximum atomic E-state index is 12.1. The summed E-state index contributed by atoms with van der Waals surface area (Å²) in [6.07, 6.45) is -0.751. The average Bonchev–Trinajstić information content (AvgIpc) is 2.62. The fraction of sp³-hybridized carbons (Fsp3) is 0.263. The SMILES string of the molecule is COc1ccc(OC(C)C(=O)NCC(=O)Nc2ccc(C)cc2Cl)cc1. The van der Waals surface area contributed by atoms with Gasteiger partial charge in [0, 0.05) is 0 Å². The molecular formula is C19H21ClN2O4. The second kappa shape index (κ2) is 9.10. The molecule has 2 N–H and O–H groups in total. The Bertz CT molecular complexity index is 778. The van der Waals surface area contributed by atoms with Crippen molar-refractivity contribution in [2.24, 2.45) is 0 Å². The van der Waals surface area contributed by atoms with E-state index in [0.717, 1.165) is 5.56 Å². The molecule has 0 saturated carbocycles. The Labute approximate surface area is 157 Å². The number of rotatable bonds is 7. The van der Waals surface area contributed by atoms with Gasteiger partial charge in [0.1, 0.15) is 11.5 Å². The topological polar surface area (TPSA) is 76.7 Å². The van der Waals surface area contributed by atoms with E-state index in [-0.39, 0.29) is 12.5 Å². The molecule has 0 bridgehead atoms. The summed E-state index contributed by atoms with van der Waals surface area (Å²) in [5.74, 6) is 0.456. The summed E-state index contributed by atoms with van der Waals surface area (Å²) < 4.78 is 10.6. The summed E-state index contributed by atoms with van der Waals surface area (Å²) in [5.41, 5.74) is 1.49. The predicted molar refractivity (Wildman–Crippen MR) is 101 cm³/mol. The zero-order valence-electron chi connectivity index (χ0n) is 14.8. The van der Waals surface area contributed by atoms with Gasteiger partial charge in [0.25, 0.3) is 5.91 Å². The summed E-state index contributed by atoms with van der Waals surface area (Å²) in [7, 11) is 1.57. The van der Waals surface area contributed by atoms with Crippen LogP contribution in [0.15, 0.2) is 42.5 Å². The van der Waals surface area contributed by atoms with Crippen LogP contribution in [0.3, 0.4) is 0 Å². The highest BCUT2D eigenvalue weighted by atomic mass is 35.5. The monoisotopic (exact) mass is 376 g/mol. The number of hydrogen-bond donors (Lipinski definition) is 2. The molecule has 2 amide bonds. The van der Waals surface area contributed by atoms with Crippen LogP contribution in [0.1, 0.15) is 12.5 Å². The normalized spacial score (nSPS) is 11.4. The molecule has 2 rings (SSSR count). The van der Waals surface area contributed by atoms with Crippen LogP contribution >= 0.6 is 11.6 Å². The molecule has 138 valence electrons. The first kappa shape index (κ1) is 19.6. The lowest BCUT2D eigenvalue weighted by Gasteiger charge is -2.15. The van der Waals surface area contributed by atoms with E-state index in [1.807, 2.05) is 13.0 Å². The van der Waals surface area contributed by atoms with Crippen LogP contribution in [-0.4, -0.2) is 31.6 Å². The van der Waals surface area contributed by atoms with Crippen LogP contribution in [0, 0.1) is 6.92 Å². The van der Waals surface area contributed by atoms with Crippen LogP contribution in [-0.2, 0) is 9.59 Å². The lowest BCUT2D eigenvalue weighted by molar-refractivity contribution is -0.129. The number of carbonyl (C=O) groups excluding carboxylic acids is 2. The summed E-state index contributed by atoms with van der Waals surface area (Å²) in [4.78, 5) is 24.0. The largest absolute Gasteiger partial charge is 0.497 e. The van der Waals surface area contributed by atoms with Gasteiger partial charge in [-0.25, -0.2) is 0 Å². The molecule has 0 fully saturated rings. The second-order valence-corrected chi connectivity index (χ2v) is 6.09. The average molecular weight is 377 g/mol. The van der Waals surface area contributed by atoms with Crippen molar-refractivity contribution in [3.8, 4) is 11.5 Å². The van der Waals surface area contributed by atoms with Crippen LogP contribution in [0.4, 0.5) is 5.69 Å². The molecule has 0 aliphatic carbocycles. The zero-order valence-corrected chi connectivity index (χ0v) is 15.6. The predicted octanol–water partition coefficient (Wildman–Crippen LogP) is 3.18. The van der Waals surface area contributed by atoms with Crippen LogP contribution < -0.4 is 20.1 Å². The maximum absolute atomic E-state index is 12.1. The van der Waals surface area contributed by atoms with Crippen molar-refractivity contribution in [2.45, 2.75) is 20.0 Å². The van der Waals surface area contributed by atoms with Crippen LogP contribution in [0.2, 0.25) is 5.02 Å². The van der Waals surface area contributed by atoms with Gasteiger partial charge in [0.15, 0.2) is 6.10 Å². The molecule has 0 aliphatic rings. The van der Waals surface area contributed by atoms with Gasteiger partial charge in [-0.1, -0.05) is 17.7 Å². The van der Waals surface area contributed by atoms with E-state index in [4.69, 9.17) is 21.1 Å². The Balaban J connectivity index is 1.81. The van der Waals surface area contributed by atoms with Gasteiger partial charge in [0.05, 0.1) is 24.4 Å². The Morgan fingerprint density at radius 1 is 1.12 bits per heavy atom. The first-order valence-electron chi connectivity index (χ1n) is 8.03. The zero-order chi connectivity index (χ0) is 19.1. The highest BCUT2D eigenvalue weighted by Crippen LogP contribution is 2.22. The molecule has 2 aromatic rings. The van der Waals surface area contributed by atoms with E-state index >= 15 is 0 Å². The van der Waals surface area contributed by atoms with Crippen LogP contribution in [0.25, 0.3) is 0 Å². The molecule has 0 spiro atoms. The van der Waals surface area contributed by atoms with Crippen molar-refractivity contribution >= 4 is 29.1 Å². The lowest BCUT2D eigenvalue weighted by atomic mass is 10.2. The third-order valence-corrected chi connectivity index (χ3v) is 3.88. The van der Waals surface area contributed by atoms with E-state index in [9.17, 15) is 9.59 Å². The Morgan fingerprint density at radius 2 is 1.77 bits per heavy atom. The maximum Gasteiger partial charge on any atom is 0.261 e. The Hall–Kier alpha value is -2.73. The molecule has 0 heterocycles. The molecule has 1 atom stereocenters. The van der Waals surface area contributed by atoms with Crippen molar-refractivity contribution in [3.63, 3.8) is 0 Å². The Kier molecular flexibility index (Phi) is 6.86. The van der Waals surface area contributed by atoms with Gasteiger partial charge in [-0.05, 0) is 55.8 Å². The van der Waals surface area contributed by atoms with E-state index in [1.54, 1.807) is 50.4 Å². The number of ether oxygens (including phenoxy) is 2.